The SMILES string of the molecule is Cc1ccc(NC(=O)c2ccccc2)cc1NCC(=O)Nc1cccc(C(=O)N(C)C)c1. The van der Waals surface area contributed by atoms with Gasteiger partial charge in [0.05, 0.1) is 6.54 Å². The first-order valence-corrected chi connectivity index (χ1v) is 10.2. The van der Waals surface area contributed by atoms with Crippen LogP contribution in [0.2, 0.25) is 0 Å². The standard InChI is InChI=1S/C25H26N4O3/c1-17-12-13-21(28-24(31)18-8-5-4-6-9-18)15-22(17)26-16-23(30)27-20-11-7-10-19(14-20)25(32)29(2)3/h4-15,26H,16H2,1-3H3,(H,27,30)(H,28,31). The maximum atomic E-state index is 12.4. The van der Waals surface area contributed by atoms with Gasteiger partial charge in [0.2, 0.25) is 5.91 Å². The van der Waals surface area contributed by atoms with E-state index < -0.39 is 0 Å². The second-order valence-corrected chi connectivity index (χ2v) is 7.53. The van der Waals surface area contributed by atoms with Gasteiger partial charge < -0.3 is 20.9 Å². The predicted molar refractivity (Wildman–Crippen MR) is 127 cm³/mol. The van der Waals surface area contributed by atoms with E-state index in [9.17, 15) is 14.4 Å². The van der Waals surface area contributed by atoms with Gasteiger partial charge in [0.25, 0.3) is 11.8 Å². The maximum Gasteiger partial charge on any atom is 0.255 e. The number of carbonyl (C=O) groups is 3. The van der Waals surface area contributed by atoms with Gasteiger partial charge in [-0.2, -0.15) is 0 Å². The van der Waals surface area contributed by atoms with Crippen molar-refractivity contribution in [3.63, 3.8) is 0 Å². The number of carbonyl (C=O) groups excluding carboxylic acids is 3. The molecule has 7 heteroatoms. The molecule has 0 aliphatic rings. The van der Waals surface area contributed by atoms with Crippen LogP contribution in [0.4, 0.5) is 17.1 Å². The Morgan fingerprint density at radius 2 is 1.47 bits per heavy atom. The average molecular weight is 431 g/mol. The summed E-state index contributed by atoms with van der Waals surface area (Å²) in [5.74, 6) is -0.591. The van der Waals surface area contributed by atoms with Gasteiger partial charge in [-0.05, 0) is 55.0 Å². The minimum absolute atomic E-state index is 0.0305. The molecule has 0 aliphatic heterocycles. The first kappa shape index (κ1) is 22.6. The van der Waals surface area contributed by atoms with Crippen LogP contribution in [0, 0.1) is 6.92 Å². The summed E-state index contributed by atoms with van der Waals surface area (Å²) in [6, 6.07) is 21.2. The third kappa shape index (κ3) is 5.95. The summed E-state index contributed by atoms with van der Waals surface area (Å²) in [5, 5.41) is 8.76. The molecule has 3 amide bonds. The molecule has 7 nitrogen and oxygen atoms in total. The largest absolute Gasteiger partial charge is 0.376 e. The second kappa shape index (κ2) is 10.3. The fraction of sp³-hybridized carbons (Fsp3) is 0.160. The molecule has 0 aliphatic carbocycles. The lowest BCUT2D eigenvalue weighted by molar-refractivity contribution is -0.114. The van der Waals surface area contributed by atoms with Crippen LogP contribution in [-0.4, -0.2) is 43.3 Å². The van der Waals surface area contributed by atoms with Crippen molar-refractivity contribution < 1.29 is 14.4 Å². The Morgan fingerprint density at radius 3 is 2.19 bits per heavy atom. The zero-order chi connectivity index (χ0) is 23.1. The Hall–Kier alpha value is -4.13. The van der Waals surface area contributed by atoms with Crippen LogP contribution in [-0.2, 0) is 4.79 Å². The molecule has 3 aromatic rings. The molecule has 3 N–H and O–H groups in total. The Bertz CT molecular complexity index is 1130. The van der Waals surface area contributed by atoms with Gasteiger partial charge in [-0.3, -0.25) is 14.4 Å². The minimum Gasteiger partial charge on any atom is -0.376 e. The topological polar surface area (TPSA) is 90.5 Å². The highest BCUT2D eigenvalue weighted by Gasteiger charge is 2.11. The van der Waals surface area contributed by atoms with E-state index in [1.54, 1.807) is 56.6 Å². The second-order valence-electron chi connectivity index (χ2n) is 7.53. The lowest BCUT2D eigenvalue weighted by Gasteiger charge is -2.14. The Morgan fingerprint density at radius 1 is 0.781 bits per heavy atom. The average Bonchev–Trinajstić information content (AvgIpc) is 2.79. The quantitative estimate of drug-likeness (QED) is 0.528. The number of amides is 3. The number of aryl methyl sites for hydroxylation is 1. The summed E-state index contributed by atoms with van der Waals surface area (Å²) in [6.45, 7) is 1.95. The summed E-state index contributed by atoms with van der Waals surface area (Å²) in [6.07, 6.45) is 0. The van der Waals surface area contributed by atoms with Crippen LogP contribution >= 0.6 is 0 Å². The molecule has 3 aromatic carbocycles. The number of anilines is 3. The van der Waals surface area contributed by atoms with Gasteiger partial charge in [-0.25, -0.2) is 0 Å². The van der Waals surface area contributed by atoms with Crippen molar-refractivity contribution in [1.82, 2.24) is 4.90 Å². The fourth-order valence-corrected chi connectivity index (χ4v) is 3.05. The maximum absolute atomic E-state index is 12.4. The molecular weight excluding hydrogens is 404 g/mol. The van der Waals surface area contributed by atoms with E-state index in [2.05, 4.69) is 16.0 Å². The fourth-order valence-electron chi connectivity index (χ4n) is 3.05. The van der Waals surface area contributed by atoms with Crippen LogP contribution in [0.5, 0.6) is 0 Å². The molecule has 0 atom stereocenters. The molecule has 0 radical (unpaired) electrons. The van der Waals surface area contributed by atoms with Gasteiger partial charge in [0, 0.05) is 42.3 Å². The summed E-state index contributed by atoms with van der Waals surface area (Å²) in [5.41, 5.74) is 3.92. The molecule has 32 heavy (non-hydrogen) atoms. The minimum atomic E-state index is -0.252. The van der Waals surface area contributed by atoms with Crippen LogP contribution < -0.4 is 16.0 Å². The molecule has 0 saturated carbocycles. The van der Waals surface area contributed by atoms with Gasteiger partial charge >= 0.3 is 0 Å². The molecule has 0 spiro atoms. The van der Waals surface area contributed by atoms with E-state index in [4.69, 9.17) is 0 Å². The van der Waals surface area contributed by atoms with Crippen molar-refractivity contribution in [3.05, 3.63) is 89.5 Å². The molecule has 0 aromatic heterocycles. The highest BCUT2D eigenvalue weighted by atomic mass is 16.2. The summed E-state index contributed by atoms with van der Waals surface area (Å²) in [4.78, 5) is 38.4. The lowest BCUT2D eigenvalue weighted by Crippen LogP contribution is -2.23. The molecule has 0 fully saturated rings. The zero-order valence-electron chi connectivity index (χ0n) is 18.3. The first-order chi connectivity index (χ1) is 15.3. The number of hydrogen-bond donors (Lipinski definition) is 3. The number of nitrogens with zero attached hydrogens (tertiary/aromatic N) is 1. The Labute approximate surface area is 187 Å². The van der Waals surface area contributed by atoms with E-state index in [1.807, 2.05) is 37.3 Å². The van der Waals surface area contributed by atoms with Gasteiger partial charge in [0.1, 0.15) is 0 Å². The van der Waals surface area contributed by atoms with Crippen molar-refractivity contribution in [2.75, 3.05) is 36.6 Å². The highest BCUT2D eigenvalue weighted by Crippen LogP contribution is 2.21. The smallest absolute Gasteiger partial charge is 0.255 e. The van der Waals surface area contributed by atoms with E-state index in [0.717, 1.165) is 11.3 Å². The molecule has 3 rings (SSSR count). The summed E-state index contributed by atoms with van der Waals surface area (Å²) >= 11 is 0. The summed E-state index contributed by atoms with van der Waals surface area (Å²) in [7, 11) is 3.35. The molecule has 164 valence electrons. The first-order valence-electron chi connectivity index (χ1n) is 10.2. The van der Waals surface area contributed by atoms with Gasteiger partial charge in [-0.1, -0.05) is 30.3 Å². The molecular formula is C25H26N4O3. The molecule has 0 bridgehead atoms. The van der Waals surface area contributed by atoms with E-state index >= 15 is 0 Å². The highest BCUT2D eigenvalue weighted by molar-refractivity contribution is 6.04. The van der Waals surface area contributed by atoms with E-state index in [1.165, 1.54) is 4.90 Å². The van der Waals surface area contributed by atoms with Crippen LogP contribution in [0.25, 0.3) is 0 Å². The van der Waals surface area contributed by atoms with Crippen LogP contribution in [0.1, 0.15) is 26.3 Å². The lowest BCUT2D eigenvalue weighted by atomic mass is 10.1. The zero-order valence-corrected chi connectivity index (χ0v) is 18.3. The van der Waals surface area contributed by atoms with Gasteiger partial charge in [0.15, 0.2) is 0 Å². The number of hydrogen-bond acceptors (Lipinski definition) is 4. The third-order valence-corrected chi connectivity index (χ3v) is 4.77. The number of nitrogens with one attached hydrogen (secondary N) is 3. The van der Waals surface area contributed by atoms with Crippen molar-refractivity contribution in [2.24, 2.45) is 0 Å². The molecule has 0 saturated heterocycles. The van der Waals surface area contributed by atoms with E-state index in [0.29, 0.717) is 22.5 Å². The van der Waals surface area contributed by atoms with Crippen molar-refractivity contribution in [3.8, 4) is 0 Å². The van der Waals surface area contributed by atoms with Crippen LogP contribution in [0.15, 0.2) is 72.8 Å². The summed E-state index contributed by atoms with van der Waals surface area (Å²) < 4.78 is 0. The van der Waals surface area contributed by atoms with E-state index in [-0.39, 0.29) is 24.3 Å². The Kier molecular flexibility index (Phi) is 7.23. The molecule has 0 heterocycles. The Balaban J connectivity index is 1.61. The normalized spacial score (nSPS) is 10.2. The van der Waals surface area contributed by atoms with Crippen molar-refractivity contribution in [2.45, 2.75) is 6.92 Å². The predicted octanol–water partition coefficient (Wildman–Crippen LogP) is 4.00. The van der Waals surface area contributed by atoms with Crippen molar-refractivity contribution in [1.29, 1.82) is 0 Å². The van der Waals surface area contributed by atoms with Gasteiger partial charge in [-0.15, -0.1) is 0 Å². The molecule has 0 unspecified atom stereocenters. The third-order valence-electron chi connectivity index (χ3n) is 4.77. The number of benzene rings is 3. The van der Waals surface area contributed by atoms with Crippen molar-refractivity contribution >= 4 is 34.8 Å². The van der Waals surface area contributed by atoms with Crippen LogP contribution in [0.3, 0.4) is 0 Å². The monoisotopic (exact) mass is 430 g/mol. The number of rotatable bonds is 7.